The van der Waals surface area contributed by atoms with E-state index in [1.165, 1.54) is 6.33 Å². The Bertz CT molecular complexity index is 1410. The molecule has 3 aromatic rings. The monoisotopic (exact) mass is 542 g/mol. The van der Waals surface area contributed by atoms with Gasteiger partial charge in [-0.1, -0.05) is 0 Å². The highest BCUT2D eigenvalue weighted by Crippen LogP contribution is 2.35. The smallest absolute Gasteiger partial charge is 0.417 e. The lowest BCUT2D eigenvalue weighted by Gasteiger charge is -2.33. The zero-order valence-electron chi connectivity index (χ0n) is 20.7. The number of anilines is 1. The second-order valence-corrected chi connectivity index (χ2v) is 9.87. The van der Waals surface area contributed by atoms with Crippen molar-refractivity contribution in [1.82, 2.24) is 25.2 Å². The van der Waals surface area contributed by atoms with Gasteiger partial charge in [0.2, 0.25) is 5.88 Å². The number of rotatable bonds is 6. The van der Waals surface area contributed by atoms with Crippen LogP contribution in [0, 0.1) is 0 Å². The highest BCUT2D eigenvalue weighted by molar-refractivity contribution is 6.12. The van der Waals surface area contributed by atoms with Crippen molar-refractivity contribution in [3.05, 3.63) is 48.5 Å². The molecule has 1 aromatic carbocycles. The number of nitrogens with zero attached hydrogens (tertiary/aromatic N) is 5. The first-order valence-electron chi connectivity index (χ1n) is 12.7. The van der Waals surface area contributed by atoms with E-state index in [0.29, 0.717) is 43.3 Å². The van der Waals surface area contributed by atoms with Gasteiger partial charge in [0.25, 0.3) is 5.91 Å². The fourth-order valence-corrected chi connectivity index (χ4v) is 5.10. The summed E-state index contributed by atoms with van der Waals surface area (Å²) >= 11 is 0. The molecule has 1 aliphatic carbocycles. The minimum absolute atomic E-state index is 0.0590. The molecular weight excluding hydrogens is 517 g/mol. The van der Waals surface area contributed by atoms with Gasteiger partial charge in [0.05, 0.1) is 28.4 Å². The van der Waals surface area contributed by atoms with Gasteiger partial charge in [-0.15, -0.1) is 0 Å². The van der Waals surface area contributed by atoms with Crippen LogP contribution in [0.5, 0.6) is 11.6 Å². The summed E-state index contributed by atoms with van der Waals surface area (Å²) in [5.41, 5.74) is -0.333. The Morgan fingerprint density at radius 1 is 0.949 bits per heavy atom. The zero-order valence-corrected chi connectivity index (χ0v) is 20.7. The average molecular weight is 543 g/mol. The molecule has 0 radical (unpaired) electrons. The minimum Gasteiger partial charge on any atom is -0.488 e. The van der Waals surface area contributed by atoms with Crippen LogP contribution in [0.1, 0.15) is 31.2 Å². The number of hydrogen-bond donors (Lipinski definition) is 1. The first kappa shape index (κ1) is 25.3. The third kappa shape index (κ3) is 5.05. The molecule has 0 bridgehead atoms. The maximum atomic E-state index is 13.1. The molecule has 0 spiro atoms. The van der Waals surface area contributed by atoms with Crippen molar-refractivity contribution in [1.29, 1.82) is 0 Å². The fraction of sp³-hybridized carbons (Fsp3) is 0.423. The van der Waals surface area contributed by atoms with E-state index in [0.717, 1.165) is 46.3 Å². The van der Waals surface area contributed by atoms with E-state index in [1.807, 2.05) is 18.2 Å². The van der Waals surface area contributed by atoms with Crippen LogP contribution in [0.25, 0.3) is 10.9 Å². The van der Waals surface area contributed by atoms with Crippen molar-refractivity contribution in [2.45, 2.75) is 50.1 Å². The lowest BCUT2D eigenvalue weighted by Crippen LogP contribution is -2.50. The molecule has 204 valence electrons. The van der Waals surface area contributed by atoms with Crippen molar-refractivity contribution >= 4 is 28.5 Å². The second kappa shape index (κ2) is 9.95. The summed E-state index contributed by atoms with van der Waals surface area (Å²) in [6, 6.07) is 5.42. The number of nitrogens with one attached hydrogen (secondary N) is 1. The predicted octanol–water partition coefficient (Wildman–Crippen LogP) is 3.55. The summed E-state index contributed by atoms with van der Waals surface area (Å²) in [6.07, 6.45) is 0.823. The van der Waals surface area contributed by atoms with Gasteiger partial charge in [-0.2, -0.15) is 13.2 Å². The third-order valence-corrected chi connectivity index (χ3v) is 7.27. The number of urea groups is 1. The van der Waals surface area contributed by atoms with Crippen molar-refractivity contribution in [2.24, 2.45) is 0 Å². The van der Waals surface area contributed by atoms with Crippen LogP contribution in [0.2, 0.25) is 0 Å². The molecule has 2 aliphatic heterocycles. The van der Waals surface area contributed by atoms with Gasteiger partial charge in [-0.3, -0.25) is 19.6 Å². The fourth-order valence-electron chi connectivity index (χ4n) is 5.10. The van der Waals surface area contributed by atoms with E-state index in [9.17, 15) is 22.8 Å². The number of carbonyl (C=O) groups is 2. The predicted molar refractivity (Wildman–Crippen MR) is 132 cm³/mol. The van der Waals surface area contributed by atoms with Crippen LogP contribution in [0.15, 0.2) is 43.0 Å². The lowest BCUT2D eigenvalue weighted by atomic mass is 9.92. The van der Waals surface area contributed by atoms with E-state index in [4.69, 9.17) is 9.47 Å². The van der Waals surface area contributed by atoms with Gasteiger partial charge in [-0.25, -0.2) is 14.8 Å². The number of alkyl halides is 3. The highest BCUT2D eigenvalue weighted by atomic mass is 19.4. The first-order valence-corrected chi connectivity index (χ1v) is 12.7. The minimum atomic E-state index is -4.60. The molecule has 39 heavy (non-hydrogen) atoms. The van der Waals surface area contributed by atoms with E-state index in [2.05, 4.69) is 20.3 Å². The Morgan fingerprint density at radius 2 is 1.74 bits per heavy atom. The average Bonchev–Trinajstić information content (AvgIpc) is 3.20. The molecule has 1 saturated carbocycles. The molecule has 2 saturated heterocycles. The number of pyridine rings is 1. The molecule has 0 atom stereocenters. The normalized spacial score (nSPS) is 22.3. The number of amides is 3. The SMILES string of the molecule is O=C1CN(c2cncc(C(F)(F)F)c2)C(=O)N1C1CCC(Oc2ncnc3cc(OC4CNC4)ccc23)CC1. The highest BCUT2D eigenvalue weighted by Gasteiger charge is 2.43. The molecule has 3 fully saturated rings. The largest absolute Gasteiger partial charge is 0.488 e. The number of hydrogen-bond acceptors (Lipinski definition) is 8. The summed E-state index contributed by atoms with van der Waals surface area (Å²) in [4.78, 5) is 40.3. The molecule has 1 N–H and O–H groups in total. The number of benzene rings is 1. The lowest BCUT2D eigenvalue weighted by molar-refractivity contribution is -0.137. The van der Waals surface area contributed by atoms with Crippen LogP contribution in [0.3, 0.4) is 0 Å². The molecule has 0 unspecified atom stereocenters. The van der Waals surface area contributed by atoms with E-state index in [1.54, 1.807) is 0 Å². The van der Waals surface area contributed by atoms with Crippen LogP contribution in [0.4, 0.5) is 23.7 Å². The Hall–Kier alpha value is -4.00. The number of carbonyl (C=O) groups excluding carboxylic acids is 2. The summed E-state index contributed by atoms with van der Waals surface area (Å²) in [6.45, 7) is 1.30. The van der Waals surface area contributed by atoms with Crippen molar-refractivity contribution in [3.63, 3.8) is 0 Å². The van der Waals surface area contributed by atoms with Gasteiger partial charge < -0.3 is 14.8 Å². The van der Waals surface area contributed by atoms with Crippen LogP contribution >= 0.6 is 0 Å². The van der Waals surface area contributed by atoms with Crippen molar-refractivity contribution in [2.75, 3.05) is 24.5 Å². The number of imide groups is 1. The Labute approximate surface area is 221 Å². The van der Waals surface area contributed by atoms with Crippen LogP contribution < -0.4 is 19.7 Å². The Morgan fingerprint density at radius 3 is 2.46 bits per heavy atom. The molecule has 3 aliphatic rings. The summed E-state index contributed by atoms with van der Waals surface area (Å²) in [5, 5.41) is 3.92. The number of halogens is 3. The number of fused-ring (bicyclic) bond motifs is 1. The summed E-state index contributed by atoms with van der Waals surface area (Å²) in [5.74, 6) is 0.741. The van der Waals surface area contributed by atoms with E-state index < -0.39 is 23.7 Å². The molecule has 2 aromatic heterocycles. The number of ether oxygens (including phenoxy) is 2. The second-order valence-electron chi connectivity index (χ2n) is 9.87. The standard InChI is InChI=1S/C26H25F3N6O4/c27-26(28,29)15-7-17(10-30-9-15)34-13-23(36)35(25(34)37)16-1-3-18(4-2-16)39-24-21-6-5-19(38-20-11-31-12-20)8-22(21)32-14-33-24/h5-10,14,16,18,20,31H,1-4,11-13H2. The Kier molecular flexibility index (Phi) is 6.45. The maximum absolute atomic E-state index is 13.1. The van der Waals surface area contributed by atoms with Gasteiger partial charge >= 0.3 is 12.2 Å². The first-order chi connectivity index (χ1) is 18.8. The van der Waals surface area contributed by atoms with Crippen LogP contribution in [-0.2, 0) is 11.0 Å². The Balaban J connectivity index is 1.09. The van der Waals surface area contributed by atoms with Crippen LogP contribution in [-0.4, -0.2) is 69.7 Å². The molecule has 10 nitrogen and oxygen atoms in total. The third-order valence-electron chi connectivity index (χ3n) is 7.27. The maximum Gasteiger partial charge on any atom is 0.417 e. The molecule has 3 amide bonds. The van der Waals surface area contributed by atoms with Crippen molar-refractivity contribution < 1.29 is 32.2 Å². The summed E-state index contributed by atoms with van der Waals surface area (Å²) < 4.78 is 51.4. The zero-order chi connectivity index (χ0) is 27.1. The quantitative estimate of drug-likeness (QED) is 0.471. The van der Waals surface area contributed by atoms with Gasteiger partial charge in [0.15, 0.2) is 0 Å². The number of aromatic nitrogens is 3. The van der Waals surface area contributed by atoms with Gasteiger partial charge in [0, 0.05) is 31.4 Å². The topological polar surface area (TPSA) is 110 Å². The molecule has 6 rings (SSSR count). The van der Waals surface area contributed by atoms with E-state index >= 15 is 0 Å². The molecule has 4 heterocycles. The van der Waals surface area contributed by atoms with Gasteiger partial charge in [-0.05, 0) is 43.9 Å². The van der Waals surface area contributed by atoms with E-state index in [-0.39, 0.29) is 30.5 Å². The summed E-state index contributed by atoms with van der Waals surface area (Å²) in [7, 11) is 0. The molecule has 13 heteroatoms. The van der Waals surface area contributed by atoms with Gasteiger partial charge in [0.1, 0.15) is 30.8 Å². The van der Waals surface area contributed by atoms with Crippen molar-refractivity contribution in [3.8, 4) is 11.6 Å². The molecular formula is C26H25F3N6O4.